The zero-order chi connectivity index (χ0) is 16.8. The Balaban J connectivity index is 1.84. The van der Waals surface area contributed by atoms with E-state index in [-0.39, 0.29) is 0 Å². The fourth-order valence-electron chi connectivity index (χ4n) is 3.99. The third-order valence-electron chi connectivity index (χ3n) is 5.48. The summed E-state index contributed by atoms with van der Waals surface area (Å²) in [5, 5.41) is 0. The minimum absolute atomic E-state index is 0.418. The van der Waals surface area contributed by atoms with Crippen LogP contribution in [0.2, 0.25) is 0 Å². The van der Waals surface area contributed by atoms with E-state index in [1.165, 1.54) is 75.8 Å². The van der Waals surface area contributed by atoms with Crippen LogP contribution in [0.15, 0.2) is 24.3 Å². The zero-order valence-electron chi connectivity index (χ0n) is 15.5. The number of unbranched alkanes of at least 4 members (excludes halogenated alkanes) is 3. The second kappa shape index (κ2) is 8.66. The molecule has 1 aromatic carbocycles. The monoisotopic (exact) mass is 327 g/mol. The molecule has 0 spiro atoms. The molecule has 1 aliphatic heterocycles. The number of hydrogen-bond donors (Lipinski definition) is 0. The van der Waals surface area contributed by atoms with E-state index in [1.54, 1.807) is 0 Å². The van der Waals surface area contributed by atoms with E-state index in [2.05, 4.69) is 47.6 Å². The summed E-state index contributed by atoms with van der Waals surface area (Å²) in [5.74, 6) is 1.27. The molecule has 0 N–H and O–H groups in total. The van der Waals surface area contributed by atoms with Gasteiger partial charge in [0.05, 0.1) is 17.1 Å². The SMILES string of the molecule is CCCCCCn1c(C(C)N2CCCCCC2)nc2ccccc21. The van der Waals surface area contributed by atoms with E-state index in [4.69, 9.17) is 4.98 Å². The Morgan fingerprint density at radius 3 is 2.50 bits per heavy atom. The summed E-state index contributed by atoms with van der Waals surface area (Å²) >= 11 is 0. The van der Waals surface area contributed by atoms with Gasteiger partial charge in [-0.3, -0.25) is 4.90 Å². The van der Waals surface area contributed by atoms with E-state index in [9.17, 15) is 0 Å². The van der Waals surface area contributed by atoms with Crippen LogP contribution in [0.4, 0.5) is 0 Å². The maximum atomic E-state index is 5.04. The molecule has 1 aromatic heterocycles. The van der Waals surface area contributed by atoms with Gasteiger partial charge in [-0.05, 0) is 51.4 Å². The number of benzene rings is 1. The lowest BCUT2D eigenvalue weighted by Crippen LogP contribution is -2.30. The van der Waals surface area contributed by atoms with Gasteiger partial charge in [-0.2, -0.15) is 0 Å². The van der Waals surface area contributed by atoms with Crippen molar-refractivity contribution >= 4 is 11.0 Å². The molecular formula is C21H33N3. The number of nitrogens with zero attached hydrogens (tertiary/aromatic N) is 3. The smallest absolute Gasteiger partial charge is 0.127 e. The minimum atomic E-state index is 0.418. The van der Waals surface area contributed by atoms with Crippen LogP contribution >= 0.6 is 0 Å². The Bertz CT molecular complexity index is 623. The Morgan fingerprint density at radius 1 is 1.00 bits per heavy atom. The van der Waals surface area contributed by atoms with Gasteiger partial charge < -0.3 is 4.57 Å². The maximum Gasteiger partial charge on any atom is 0.127 e. The molecule has 0 bridgehead atoms. The predicted octanol–water partition coefficient (Wildman–Crippen LogP) is 5.55. The summed E-state index contributed by atoms with van der Waals surface area (Å²) in [6.45, 7) is 8.18. The molecule has 24 heavy (non-hydrogen) atoms. The van der Waals surface area contributed by atoms with Crippen LogP contribution in [0.5, 0.6) is 0 Å². The van der Waals surface area contributed by atoms with E-state index in [1.807, 2.05) is 0 Å². The Labute approximate surface area is 147 Å². The molecule has 3 heteroatoms. The maximum absolute atomic E-state index is 5.04. The molecule has 3 rings (SSSR count). The van der Waals surface area contributed by atoms with Crippen LogP contribution in [0.1, 0.15) is 77.1 Å². The molecule has 2 aromatic rings. The molecule has 0 radical (unpaired) electrons. The number of aryl methyl sites for hydroxylation is 1. The number of rotatable bonds is 7. The number of fused-ring (bicyclic) bond motifs is 1. The van der Waals surface area contributed by atoms with Crippen molar-refractivity contribution in [3.8, 4) is 0 Å². The molecule has 1 atom stereocenters. The zero-order valence-corrected chi connectivity index (χ0v) is 15.5. The van der Waals surface area contributed by atoms with Crippen molar-refractivity contribution < 1.29 is 0 Å². The minimum Gasteiger partial charge on any atom is -0.327 e. The number of aromatic nitrogens is 2. The van der Waals surface area contributed by atoms with Crippen LogP contribution < -0.4 is 0 Å². The number of para-hydroxylation sites is 2. The number of likely N-dealkylation sites (tertiary alicyclic amines) is 1. The van der Waals surface area contributed by atoms with Gasteiger partial charge in [0.2, 0.25) is 0 Å². The highest BCUT2D eigenvalue weighted by Gasteiger charge is 2.22. The summed E-state index contributed by atoms with van der Waals surface area (Å²) < 4.78 is 2.50. The molecule has 3 nitrogen and oxygen atoms in total. The first-order chi connectivity index (χ1) is 11.8. The fraction of sp³-hybridized carbons (Fsp3) is 0.667. The molecule has 0 saturated carbocycles. The van der Waals surface area contributed by atoms with E-state index >= 15 is 0 Å². The predicted molar refractivity (Wildman–Crippen MR) is 102 cm³/mol. The number of hydrogen-bond acceptors (Lipinski definition) is 2. The van der Waals surface area contributed by atoms with Crippen molar-refractivity contribution in [3.05, 3.63) is 30.1 Å². The van der Waals surface area contributed by atoms with E-state index in [0.717, 1.165) is 12.1 Å². The van der Waals surface area contributed by atoms with Gasteiger partial charge in [-0.25, -0.2) is 4.98 Å². The molecule has 1 unspecified atom stereocenters. The summed E-state index contributed by atoms with van der Waals surface area (Å²) in [6.07, 6.45) is 10.6. The van der Waals surface area contributed by atoms with E-state index in [0.29, 0.717) is 6.04 Å². The normalized spacial score (nSPS) is 17.9. The lowest BCUT2D eigenvalue weighted by molar-refractivity contribution is 0.207. The Morgan fingerprint density at radius 2 is 1.75 bits per heavy atom. The van der Waals surface area contributed by atoms with Crippen molar-refractivity contribution in [2.45, 2.75) is 77.8 Å². The Hall–Kier alpha value is -1.35. The van der Waals surface area contributed by atoms with Crippen molar-refractivity contribution in [3.63, 3.8) is 0 Å². The molecule has 2 heterocycles. The molecule has 1 fully saturated rings. The van der Waals surface area contributed by atoms with Crippen molar-refractivity contribution in [1.29, 1.82) is 0 Å². The van der Waals surface area contributed by atoms with Crippen molar-refractivity contribution in [1.82, 2.24) is 14.5 Å². The molecule has 1 aliphatic rings. The molecule has 1 saturated heterocycles. The van der Waals surface area contributed by atoms with Crippen LogP contribution in [-0.4, -0.2) is 27.5 Å². The highest BCUT2D eigenvalue weighted by Crippen LogP contribution is 2.27. The second-order valence-electron chi connectivity index (χ2n) is 7.30. The van der Waals surface area contributed by atoms with Gasteiger partial charge in [0.1, 0.15) is 5.82 Å². The molecule has 0 aliphatic carbocycles. The number of imidazole rings is 1. The van der Waals surface area contributed by atoms with Crippen molar-refractivity contribution in [2.75, 3.05) is 13.1 Å². The molecule has 132 valence electrons. The summed E-state index contributed by atoms with van der Waals surface area (Å²) in [4.78, 5) is 7.69. The fourth-order valence-corrected chi connectivity index (χ4v) is 3.99. The highest BCUT2D eigenvalue weighted by atomic mass is 15.2. The first-order valence-corrected chi connectivity index (χ1v) is 10.0. The van der Waals surface area contributed by atoms with E-state index < -0.39 is 0 Å². The lowest BCUT2D eigenvalue weighted by atomic mass is 10.2. The summed E-state index contributed by atoms with van der Waals surface area (Å²) in [5.41, 5.74) is 2.47. The van der Waals surface area contributed by atoms with Crippen LogP contribution in [0.25, 0.3) is 11.0 Å². The third kappa shape index (κ3) is 4.00. The van der Waals surface area contributed by atoms with Gasteiger partial charge >= 0.3 is 0 Å². The van der Waals surface area contributed by atoms with Gasteiger partial charge in [0.15, 0.2) is 0 Å². The van der Waals surface area contributed by atoms with Crippen LogP contribution in [0.3, 0.4) is 0 Å². The van der Waals surface area contributed by atoms with Gasteiger partial charge in [-0.1, -0.05) is 51.2 Å². The summed E-state index contributed by atoms with van der Waals surface area (Å²) in [6, 6.07) is 9.07. The van der Waals surface area contributed by atoms with Crippen molar-refractivity contribution in [2.24, 2.45) is 0 Å². The average molecular weight is 328 g/mol. The standard InChI is InChI=1S/C21H33N3/c1-3-4-5-12-17-24-20-14-9-8-13-19(20)22-21(24)18(2)23-15-10-6-7-11-16-23/h8-9,13-14,18H,3-7,10-12,15-17H2,1-2H3. The van der Waals surface area contributed by atoms with Gasteiger partial charge in [0.25, 0.3) is 0 Å². The Kier molecular flexibility index (Phi) is 6.30. The first kappa shape index (κ1) is 17.5. The van der Waals surface area contributed by atoms with Gasteiger partial charge in [0, 0.05) is 6.54 Å². The second-order valence-corrected chi connectivity index (χ2v) is 7.30. The largest absolute Gasteiger partial charge is 0.327 e. The lowest BCUT2D eigenvalue weighted by Gasteiger charge is -2.27. The summed E-state index contributed by atoms with van der Waals surface area (Å²) in [7, 11) is 0. The quantitative estimate of drug-likeness (QED) is 0.621. The third-order valence-corrected chi connectivity index (χ3v) is 5.48. The van der Waals surface area contributed by atoms with Crippen LogP contribution in [-0.2, 0) is 6.54 Å². The van der Waals surface area contributed by atoms with Crippen LogP contribution in [0, 0.1) is 0 Å². The highest BCUT2D eigenvalue weighted by molar-refractivity contribution is 5.76. The molecular weight excluding hydrogens is 294 g/mol. The van der Waals surface area contributed by atoms with Gasteiger partial charge in [-0.15, -0.1) is 0 Å². The molecule has 0 amide bonds. The topological polar surface area (TPSA) is 21.1 Å². The average Bonchev–Trinajstić information content (AvgIpc) is 2.78. The first-order valence-electron chi connectivity index (χ1n) is 10.0.